The Hall–Kier alpha value is -3.19. The topological polar surface area (TPSA) is 115 Å². The van der Waals surface area contributed by atoms with Gasteiger partial charge in [-0.05, 0) is 35.5 Å². The van der Waals surface area contributed by atoms with Crippen LogP contribution in [0.4, 0.5) is 4.79 Å². The van der Waals surface area contributed by atoms with Gasteiger partial charge in [0.05, 0.1) is 5.69 Å². The van der Waals surface area contributed by atoms with Crippen LogP contribution in [0.5, 0.6) is 0 Å². The third kappa shape index (κ3) is 4.69. The third-order valence-electron chi connectivity index (χ3n) is 6.57. The highest BCUT2D eigenvalue weighted by molar-refractivity contribution is 7.99. The summed E-state index contributed by atoms with van der Waals surface area (Å²) in [6, 6.07) is 8.85. The van der Waals surface area contributed by atoms with Gasteiger partial charge in [-0.2, -0.15) is 4.68 Å². The molecule has 0 saturated carbocycles. The van der Waals surface area contributed by atoms with Crippen molar-refractivity contribution in [2.45, 2.75) is 24.3 Å². The Morgan fingerprint density at radius 1 is 1.11 bits per heavy atom. The zero-order valence-corrected chi connectivity index (χ0v) is 20.9. The standard InChI is InChI=1S/C22H30N10O2S/c1-15(14-35-22-25-26-27-32(22)16-7-5-4-6-8-16)13-31-17-18(29(3)21(34)24-19(17)33)23-20(31)30-11-9-28(2)10-12-30/h4-8,15,17-18H,9-14H2,1-3H3,(H,24,33,34). The van der Waals surface area contributed by atoms with E-state index in [9.17, 15) is 9.59 Å². The summed E-state index contributed by atoms with van der Waals surface area (Å²) < 4.78 is 1.73. The molecule has 0 radical (unpaired) electrons. The van der Waals surface area contributed by atoms with Crippen LogP contribution in [0.3, 0.4) is 0 Å². The van der Waals surface area contributed by atoms with E-state index in [1.807, 2.05) is 30.3 Å². The van der Waals surface area contributed by atoms with Gasteiger partial charge in [-0.25, -0.2) is 9.79 Å². The summed E-state index contributed by atoms with van der Waals surface area (Å²) in [4.78, 5) is 38.2. The first-order chi connectivity index (χ1) is 16.9. The molecule has 3 amide bonds. The highest BCUT2D eigenvalue weighted by atomic mass is 32.2. The molecule has 1 N–H and O–H groups in total. The highest BCUT2D eigenvalue weighted by Crippen LogP contribution is 2.28. The molecule has 2 saturated heterocycles. The summed E-state index contributed by atoms with van der Waals surface area (Å²) >= 11 is 1.58. The van der Waals surface area contributed by atoms with Crippen molar-refractivity contribution in [2.24, 2.45) is 10.9 Å². The van der Waals surface area contributed by atoms with Crippen LogP contribution < -0.4 is 5.32 Å². The number of para-hydroxylation sites is 1. The Labute approximate surface area is 208 Å². The molecule has 12 nitrogen and oxygen atoms in total. The first kappa shape index (κ1) is 23.5. The molecule has 5 rings (SSSR count). The van der Waals surface area contributed by atoms with Crippen LogP contribution in [-0.4, -0.2) is 122 Å². The highest BCUT2D eigenvalue weighted by Gasteiger charge is 2.50. The number of tetrazole rings is 1. The van der Waals surface area contributed by atoms with Crippen LogP contribution in [0.25, 0.3) is 5.69 Å². The molecule has 0 aliphatic carbocycles. The van der Waals surface area contributed by atoms with E-state index in [-0.39, 0.29) is 11.8 Å². The summed E-state index contributed by atoms with van der Waals surface area (Å²) in [7, 11) is 3.80. The van der Waals surface area contributed by atoms with E-state index >= 15 is 0 Å². The van der Waals surface area contributed by atoms with Crippen molar-refractivity contribution in [1.82, 2.24) is 45.1 Å². The number of likely N-dealkylation sites (N-methyl/N-ethyl adjacent to an activating group) is 2. The lowest BCUT2D eigenvalue weighted by Gasteiger charge is -2.40. The second-order valence-corrected chi connectivity index (χ2v) is 10.2. The maximum Gasteiger partial charge on any atom is 0.325 e. The summed E-state index contributed by atoms with van der Waals surface area (Å²) in [5.41, 5.74) is 0.908. The second kappa shape index (κ2) is 9.82. The molecule has 3 atom stereocenters. The number of hydrogen-bond acceptors (Lipinski definition) is 10. The number of guanidine groups is 1. The first-order valence-corrected chi connectivity index (χ1v) is 12.7. The molecular formula is C22H30N10O2S. The van der Waals surface area contributed by atoms with Crippen LogP contribution >= 0.6 is 11.8 Å². The monoisotopic (exact) mass is 498 g/mol. The molecule has 1 aromatic carbocycles. The number of rotatable bonds is 6. The number of benzene rings is 1. The van der Waals surface area contributed by atoms with Gasteiger partial charge in [0, 0.05) is 45.5 Å². The number of hydrogen-bond donors (Lipinski definition) is 1. The predicted molar refractivity (Wildman–Crippen MR) is 131 cm³/mol. The Morgan fingerprint density at radius 3 is 2.60 bits per heavy atom. The van der Waals surface area contributed by atoms with Gasteiger partial charge in [-0.15, -0.1) is 5.10 Å². The van der Waals surface area contributed by atoms with Crippen molar-refractivity contribution >= 4 is 29.7 Å². The number of amides is 3. The van der Waals surface area contributed by atoms with E-state index in [1.165, 1.54) is 4.90 Å². The van der Waals surface area contributed by atoms with Gasteiger partial charge < -0.3 is 19.6 Å². The van der Waals surface area contributed by atoms with E-state index in [2.05, 4.69) is 49.5 Å². The SMILES string of the molecule is CC(CSc1nnnn1-c1ccccc1)CN1C(N2CCN(C)CC2)=NC2C1C(=O)NC(=O)N2C. The molecule has 35 heavy (non-hydrogen) atoms. The minimum Gasteiger partial charge on any atom is -0.340 e. The zero-order valence-electron chi connectivity index (χ0n) is 20.1. The van der Waals surface area contributed by atoms with E-state index in [0.717, 1.165) is 48.7 Å². The number of nitrogens with one attached hydrogen (secondary N) is 1. The molecule has 0 bridgehead atoms. The van der Waals surface area contributed by atoms with Crippen molar-refractivity contribution in [3.8, 4) is 5.69 Å². The van der Waals surface area contributed by atoms with E-state index < -0.39 is 18.2 Å². The van der Waals surface area contributed by atoms with Gasteiger partial charge in [0.25, 0.3) is 5.91 Å². The Morgan fingerprint density at radius 2 is 1.86 bits per heavy atom. The van der Waals surface area contributed by atoms with Gasteiger partial charge in [-0.3, -0.25) is 10.1 Å². The maximum atomic E-state index is 12.9. The van der Waals surface area contributed by atoms with E-state index in [1.54, 1.807) is 23.5 Å². The summed E-state index contributed by atoms with van der Waals surface area (Å²) in [5.74, 6) is 1.47. The number of imide groups is 1. The maximum absolute atomic E-state index is 12.9. The quantitative estimate of drug-likeness (QED) is 0.557. The number of carbonyl (C=O) groups is 2. The fourth-order valence-electron chi connectivity index (χ4n) is 4.58. The molecule has 4 heterocycles. The number of aliphatic imine (C=N–C) groups is 1. The van der Waals surface area contributed by atoms with Gasteiger partial charge in [0.15, 0.2) is 18.2 Å². The number of piperazine rings is 1. The molecule has 3 aliphatic heterocycles. The van der Waals surface area contributed by atoms with E-state index in [4.69, 9.17) is 4.99 Å². The van der Waals surface area contributed by atoms with Crippen molar-refractivity contribution in [3.05, 3.63) is 30.3 Å². The smallest absolute Gasteiger partial charge is 0.325 e. The van der Waals surface area contributed by atoms with Gasteiger partial charge in [0.1, 0.15) is 0 Å². The molecule has 3 unspecified atom stereocenters. The number of thioether (sulfide) groups is 1. The third-order valence-corrected chi connectivity index (χ3v) is 7.82. The minimum atomic E-state index is -0.533. The van der Waals surface area contributed by atoms with Crippen LogP contribution in [-0.2, 0) is 4.79 Å². The number of fused-ring (bicyclic) bond motifs is 1. The molecule has 1 aromatic heterocycles. The average molecular weight is 499 g/mol. The minimum absolute atomic E-state index is 0.202. The first-order valence-electron chi connectivity index (χ1n) is 11.7. The Kier molecular flexibility index (Phi) is 6.60. The lowest BCUT2D eigenvalue weighted by atomic mass is 10.1. The molecule has 0 spiro atoms. The van der Waals surface area contributed by atoms with Crippen LogP contribution in [0.15, 0.2) is 40.5 Å². The summed E-state index contributed by atoms with van der Waals surface area (Å²) in [6.45, 7) is 6.29. The Balaban J connectivity index is 1.31. The molecule has 3 aliphatic rings. The lowest BCUT2D eigenvalue weighted by Crippen LogP contribution is -2.65. The molecule has 2 aromatic rings. The summed E-state index contributed by atoms with van der Waals surface area (Å²) in [5, 5.41) is 15.4. The van der Waals surface area contributed by atoms with Crippen LogP contribution in [0.2, 0.25) is 0 Å². The second-order valence-electron chi connectivity index (χ2n) is 9.26. The molecular weight excluding hydrogens is 468 g/mol. The van der Waals surface area contributed by atoms with Gasteiger partial charge in [0.2, 0.25) is 5.16 Å². The average Bonchev–Trinajstić information content (AvgIpc) is 3.48. The number of aromatic nitrogens is 4. The number of urea groups is 1. The largest absolute Gasteiger partial charge is 0.340 e. The fourth-order valence-corrected chi connectivity index (χ4v) is 5.48. The predicted octanol–water partition coefficient (Wildman–Crippen LogP) is 0.186. The lowest BCUT2D eigenvalue weighted by molar-refractivity contribution is -0.127. The van der Waals surface area contributed by atoms with Crippen LogP contribution in [0, 0.1) is 5.92 Å². The fraction of sp³-hybridized carbons (Fsp3) is 0.545. The van der Waals surface area contributed by atoms with Gasteiger partial charge >= 0.3 is 6.03 Å². The van der Waals surface area contributed by atoms with E-state index in [0.29, 0.717) is 6.54 Å². The van der Waals surface area contributed by atoms with Crippen molar-refractivity contribution in [1.29, 1.82) is 0 Å². The number of carbonyl (C=O) groups excluding carboxylic acids is 2. The zero-order chi connectivity index (χ0) is 24.5. The summed E-state index contributed by atoms with van der Waals surface area (Å²) in [6.07, 6.45) is -0.517. The molecule has 186 valence electrons. The van der Waals surface area contributed by atoms with Gasteiger partial charge in [-0.1, -0.05) is 36.9 Å². The van der Waals surface area contributed by atoms with Crippen LogP contribution in [0.1, 0.15) is 6.92 Å². The molecule has 2 fully saturated rings. The van der Waals surface area contributed by atoms with Crippen molar-refractivity contribution in [2.75, 3.05) is 52.6 Å². The normalized spacial score (nSPS) is 23.9. The van der Waals surface area contributed by atoms with Crippen molar-refractivity contribution in [3.63, 3.8) is 0 Å². The Bertz CT molecular complexity index is 1100. The van der Waals surface area contributed by atoms with Crippen molar-refractivity contribution < 1.29 is 9.59 Å². The molecule has 13 heteroatoms. The number of nitrogens with zero attached hydrogens (tertiary/aromatic N) is 9.